The van der Waals surface area contributed by atoms with E-state index in [9.17, 15) is 0 Å². The van der Waals surface area contributed by atoms with E-state index in [-0.39, 0.29) is 0 Å². The van der Waals surface area contributed by atoms with Crippen LogP contribution in [0.1, 0.15) is 12.8 Å². The van der Waals surface area contributed by atoms with E-state index in [1.165, 1.54) is 25.1 Å². The van der Waals surface area contributed by atoms with E-state index < -0.39 is 0 Å². The lowest BCUT2D eigenvalue weighted by atomic mass is 9.92. The average molecular weight is 267 g/mol. The molecule has 2 atom stereocenters. The van der Waals surface area contributed by atoms with Crippen LogP contribution < -0.4 is 15.0 Å². The highest BCUT2D eigenvalue weighted by atomic mass is 35.5. The largest absolute Gasteiger partial charge is 0.495 e. The molecule has 0 bridgehead atoms. The molecule has 3 rings (SSSR count). The second kappa shape index (κ2) is 4.98. The van der Waals surface area contributed by atoms with Crippen LogP contribution in [0.4, 0.5) is 5.69 Å². The summed E-state index contributed by atoms with van der Waals surface area (Å²) in [6, 6.07) is 6.71. The second-order valence-electron chi connectivity index (χ2n) is 5.16. The van der Waals surface area contributed by atoms with Crippen molar-refractivity contribution in [3.8, 4) is 5.75 Å². The maximum Gasteiger partial charge on any atom is 0.137 e. The molecule has 2 aliphatic heterocycles. The predicted octanol–water partition coefficient (Wildman–Crippen LogP) is 2.54. The van der Waals surface area contributed by atoms with E-state index in [1.54, 1.807) is 7.11 Å². The summed E-state index contributed by atoms with van der Waals surface area (Å²) in [4.78, 5) is 2.42. The molecule has 2 saturated heterocycles. The molecule has 2 fully saturated rings. The number of rotatable bonds is 2. The van der Waals surface area contributed by atoms with Gasteiger partial charge in [-0.3, -0.25) is 0 Å². The van der Waals surface area contributed by atoms with Crippen molar-refractivity contribution in [1.82, 2.24) is 5.32 Å². The molecule has 18 heavy (non-hydrogen) atoms. The zero-order chi connectivity index (χ0) is 12.5. The Hall–Kier alpha value is -0.930. The van der Waals surface area contributed by atoms with Gasteiger partial charge in [0.25, 0.3) is 0 Å². The van der Waals surface area contributed by atoms with Gasteiger partial charge in [0, 0.05) is 24.8 Å². The molecule has 0 aromatic heterocycles. The van der Waals surface area contributed by atoms with Gasteiger partial charge in [0.05, 0.1) is 12.1 Å². The van der Waals surface area contributed by atoms with Gasteiger partial charge < -0.3 is 15.0 Å². The number of hydrogen-bond donors (Lipinski definition) is 1. The molecule has 2 heterocycles. The van der Waals surface area contributed by atoms with Gasteiger partial charge in [-0.25, -0.2) is 0 Å². The molecular formula is C14H19ClN2O. The molecule has 0 aliphatic carbocycles. The lowest BCUT2D eigenvalue weighted by Gasteiger charge is -2.36. The van der Waals surface area contributed by atoms with Crippen molar-refractivity contribution in [3.63, 3.8) is 0 Å². The summed E-state index contributed by atoms with van der Waals surface area (Å²) in [7, 11) is 1.65. The third-order valence-corrected chi connectivity index (χ3v) is 4.47. The molecule has 0 spiro atoms. The molecule has 4 heteroatoms. The minimum absolute atomic E-state index is 0.652. The molecule has 0 saturated carbocycles. The number of anilines is 1. The van der Waals surface area contributed by atoms with Crippen LogP contribution in [-0.2, 0) is 0 Å². The Bertz CT molecular complexity index is 438. The monoisotopic (exact) mass is 266 g/mol. The van der Waals surface area contributed by atoms with Crippen LogP contribution in [0.2, 0.25) is 5.02 Å². The third-order valence-electron chi connectivity index (χ3n) is 4.18. The number of nitrogens with one attached hydrogen (secondary N) is 1. The summed E-state index contributed by atoms with van der Waals surface area (Å²) in [6.45, 7) is 3.39. The maximum absolute atomic E-state index is 6.19. The maximum atomic E-state index is 6.19. The molecule has 1 aromatic rings. The lowest BCUT2D eigenvalue weighted by molar-refractivity contribution is 0.373. The summed E-state index contributed by atoms with van der Waals surface area (Å²) < 4.78 is 5.19. The summed E-state index contributed by atoms with van der Waals surface area (Å²) in [5, 5.41) is 4.29. The van der Waals surface area contributed by atoms with E-state index in [4.69, 9.17) is 16.3 Å². The predicted molar refractivity (Wildman–Crippen MR) is 74.7 cm³/mol. The van der Waals surface area contributed by atoms with E-state index in [1.807, 2.05) is 12.1 Å². The van der Waals surface area contributed by atoms with Gasteiger partial charge in [-0.15, -0.1) is 0 Å². The van der Waals surface area contributed by atoms with Gasteiger partial charge in [0.2, 0.25) is 0 Å². The van der Waals surface area contributed by atoms with Crippen molar-refractivity contribution < 1.29 is 4.74 Å². The molecule has 0 amide bonds. The number of nitrogens with zero attached hydrogens (tertiary/aromatic N) is 1. The van der Waals surface area contributed by atoms with Crippen molar-refractivity contribution in [2.75, 3.05) is 31.6 Å². The Kier molecular flexibility index (Phi) is 3.35. The number of fused-ring (bicyclic) bond motifs is 1. The van der Waals surface area contributed by atoms with Gasteiger partial charge in [0.1, 0.15) is 5.75 Å². The second-order valence-corrected chi connectivity index (χ2v) is 5.57. The summed E-state index contributed by atoms with van der Waals surface area (Å²) in [5.41, 5.74) is 1.20. The molecular weight excluding hydrogens is 248 g/mol. The Labute approximate surface area is 113 Å². The minimum atomic E-state index is 0.652. The molecule has 0 radical (unpaired) electrons. The van der Waals surface area contributed by atoms with Crippen LogP contribution in [0.3, 0.4) is 0 Å². The number of benzene rings is 1. The van der Waals surface area contributed by atoms with Gasteiger partial charge >= 0.3 is 0 Å². The van der Waals surface area contributed by atoms with E-state index >= 15 is 0 Å². The van der Waals surface area contributed by atoms with Crippen molar-refractivity contribution in [1.29, 1.82) is 0 Å². The topological polar surface area (TPSA) is 24.5 Å². The normalized spacial score (nSPS) is 27.1. The van der Waals surface area contributed by atoms with Crippen molar-refractivity contribution >= 4 is 17.3 Å². The van der Waals surface area contributed by atoms with Crippen LogP contribution in [0.5, 0.6) is 5.75 Å². The Morgan fingerprint density at radius 2 is 2.28 bits per heavy atom. The Morgan fingerprint density at radius 3 is 3.06 bits per heavy atom. The fourth-order valence-electron chi connectivity index (χ4n) is 3.12. The number of ether oxygens (including phenoxy) is 1. The zero-order valence-electron chi connectivity index (χ0n) is 10.7. The highest BCUT2D eigenvalue weighted by Gasteiger charge is 2.32. The molecule has 1 N–H and O–H groups in total. The summed E-state index contributed by atoms with van der Waals surface area (Å²) in [5.74, 6) is 1.62. The van der Waals surface area contributed by atoms with E-state index in [2.05, 4.69) is 16.3 Å². The average Bonchev–Trinajstić information content (AvgIpc) is 2.85. The first kappa shape index (κ1) is 12.1. The molecule has 98 valence electrons. The van der Waals surface area contributed by atoms with Crippen molar-refractivity contribution in [2.45, 2.75) is 18.9 Å². The van der Waals surface area contributed by atoms with Crippen LogP contribution in [0, 0.1) is 5.92 Å². The standard InChI is InChI=1S/C14H19ClN2O/c1-18-14-3-2-11(8-12(14)15)17-7-5-10-4-6-16-13(10)9-17/h2-3,8,10,13,16H,4-7,9H2,1H3. The highest BCUT2D eigenvalue weighted by molar-refractivity contribution is 6.32. The first-order valence-electron chi connectivity index (χ1n) is 6.60. The first-order chi connectivity index (χ1) is 8.78. The Balaban J connectivity index is 1.76. The van der Waals surface area contributed by atoms with Crippen molar-refractivity contribution in [2.24, 2.45) is 5.92 Å². The van der Waals surface area contributed by atoms with E-state index in [0.717, 1.165) is 24.8 Å². The third kappa shape index (κ3) is 2.17. The minimum Gasteiger partial charge on any atom is -0.495 e. The zero-order valence-corrected chi connectivity index (χ0v) is 11.4. The number of piperidine rings is 1. The summed E-state index contributed by atoms with van der Waals surface area (Å²) in [6.07, 6.45) is 2.61. The van der Waals surface area contributed by atoms with Crippen LogP contribution in [0.25, 0.3) is 0 Å². The molecule has 2 unspecified atom stereocenters. The van der Waals surface area contributed by atoms with Crippen LogP contribution >= 0.6 is 11.6 Å². The van der Waals surface area contributed by atoms with Crippen LogP contribution in [0.15, 0.2) is 18.2 Å². The van der Waals surface area contributed by atoms with Gasteiger partial charge in [-0.1, -0.05) is 11.6 Å². The molecule has 3 nitrogen and oxygen atoms in total. The highest BCUT2D eigenvalue weighted by Crippen LogP contribution is 2.32. The van der Waals surface area contributed by atoms with Gasteiger partial charge in [0.15, 0.2) is 0 Å². The molecule has 1 aromatic carbocycles. The smallest absolute Gasteiger partial charge is 0.137 e. The first-order valence-corrected chi connectivity index (χ1v) is 6.97. The number of halogens is 1. The van der Waals surface area contributed by atoms with Crippen molar-refractivity contribution in [3.05, 3.63) is 23.2 Å². The van der Waals surface area contributed by atoms with Gasteiger partial charge in [-0.05, 0) is 43.5 Å². The van der Waals surface area contributed by atoms with Crippen LogP contribution in [-0.4, -0.2) is 32.8 Å². The number of methoxy groups -OCH3 is 1. The summed E-state index contributed by atoms with van der Waals surface area (Å²) >= 11 is 6.19. The van der Waals surface area contributed by atoms with E-state index in [0.29, 0.717) is 11.1 Å². The lowest BCUT2D eigenvalue weighted by Crippen LogP contribution is -2.46. The fourth-order valence-corrected chi connectivity index (χ4v) is 3.37. The molecule has 2 aliphatic rings. The number of hydrogen-bond acceptors (Lipinski definition) is 3. The quantitative estimate of drug-likeness (QED) is 0.890. The van der Waals surface area contributed by atoms with Gasteiger partial charge in [-0.2, -0.15) is 0 Å². The Morgan fingerprint density at radius 1 is 1.39 bits per heavy atom. The fraction of sp³-hybridized carbons (Fsp3) is 0.571. The SMILES string of the molecule is COc1ccc(N2CCC3CCNC3C2)cc1Cl.